The second-order valence-electron chi connectivity index (χ2n) is 4.28. The molecule has 0 amide bonds. The molecule has 3 atom stereocenters. The van der Waals surface area contributed by atoms with E-state index in [0.29, 0.717) is 13.2 Å². The van der Waals surface area contributed by atoms with Gasteiger partial charge in [0.05, 0.1) is 25.2 Å². The van der Waals surface area contributed by atoms with Crippen molar-refractivity contribution in [3.8, 4) is 0 Å². The Morgan fingerprint density at radius 1 is 1.50 bits per heavy atom. The molecular weight excluding hydrogens is 204 g/mol. The summed E-state index contributed by atoms with van der Waals surface area (Å²) in [6, 6.07) is 8.17. The van der Waals surface area contributed by atoms with Crippen molar-refractivity contribution >= 4 is 5.97 Å². The molecule has 0 saturated heterocycles. The van der Waals surface area contributed by atoms with E-state index in [9.17, 15) is 4.79 Å². The molecule has 84 valence electrons. The molecule has 1 aromatic rings. The van der Waals surface area contributed by atoms with Gasteiger partial charge < -0.3 is 9.47 Å². The Labute approximate surface area is 94.4 Å². The maximum absolute atomic E-state index is 11.7. The second-order valence-corrected chi connectivity index (χ2v) is 4.28. The van der Waals surface area contributed by atoms with Crippen LogP contribution >= 0.6 is 0 Å². The van der Waals surface area contributed by atoms with Crippen molar-refractivity contribution < 1.29 is 14.3 Å². The van der Waals surface area contributed by atoms with Crippen LogP contribution in [0.2, 0.25) is 0 Å². The highest BCUT2D eigenvalue weighted by Crippen LogP contribution is 2.54. The van der Waals surface area contributed by atoms with Gasteiger partial charge in [0.15, 0.2) is 0 Å². The van der Waals surface area contributed by atoms with Crippen molar-refractivity contribution in [3.05, 3.63) is 35.4 Å². The lowest BCUT2D eigenvalue weighted by Gasteiger charge is -2.14. The molecule has 0 aromatic heterocycles. The van der Waals surface area contributed by atoms with E-state index in [0.717, 1.165) is 0 Å². The molecule has 0 radical (unpaired) electrons. The first-order chi connectivity index (χ1) is 7.83. The summed E-state index contributed by atoms with van der Waals surface area (Å²) in [6.45, 7) is 2.89. The van der Waals surface area contributed by atoms with Gasteiger partial charge in [-0.3, -0.25) is 4.79 Å². The summed E-state index contributed by atoms with van der Waals surface area (Å²) < 4.78 is 10.7. The highest BCUT2D eigenvalue weighted by atomic mass is 16.5. The molecular formula is C13H14O3. The molecule has 1 heterocycles. The number of hydrogen-bond acceptors (Lipinski definition) is 3. The zero-order valence-corrected chi connectivity index (χ0v) is 9.18. The Kier molecular flexibility index (Phi) is 2.21. The summed E-state index contributed by atoms with van der Waals surface area (Å²) in [6.07, 6.45) is 0.0500. The van der Waals surface area contributed by atoms with E-state index < -0.39 is 0 Å². The van der Waals surface area contributed by atoms with Gasteiger partial charge in [-0.1, -0.05) is 24.3 Å². The first-order valence-corrected chi connectivity index (χ1v) is 5.69. The number of ether oxygens (including phenoxy) is 2. The van der Waals surface area contributed by atoms with Gasteiger partial charge in [0.2, 0.25) is 0 Å². The van der Waals surface area contributed by atoms with Crippen molar-refractivity contribution in [1.29, 1.82) is 0 Å². The molecule has 1 aliphatic heterocycles. The zero-order chi connectivity index (χ0) is 11.1. The molecule has 1 fully saturated rings. The van der Waals surface area contributed by atoms with Gasteiger partial charge in [-0.05, 0) is 18.1 Å². The minimum atomic E-state index is -0.116. The van der Waals surface area contributed by atoms with Gasteiger partial charge in [0, 0.05) is 5.92 Å². The molecule has 3 heteroatoms. The fourth-order valence-electron chi connectivity index (χ4n) is 2.56. The number of fused-ring (bicyclic) bond motifs is 3. The molecule has 1 aliphatic carbocycles. The average molecular weight is 218 g/mol. The third-order valence-electron chi connectivity index (χ3n) is 3.36. The monoisotopic (exact) mass is 218 g/mol. The minimum Gasteiger partial charge on any atom is -0.466 e. The number of benzene rings is 1. The zero-order valence-electron chi connectivity index (χ0n) is 9.18. The Hall–Kier alpha value is -1.35. The first kappa shape index (κ1) is 9.85. The number of esters is 1. The van der Waals surface area contributed by atoms with Crippen LogP contribution < -0.4 is 0 Å². The summed E-state index contributed by atoms with van der Waals surface area (Å²) in [7, 11) is 0. The van der Waals surface area contributed by atoms with Crippen LogP contribution in [-0.2, 0) is 20.9 Å². The number of hydrogen-bond donors (Lipinski definition) is 0. The summed E-state index contributed by atoms with van der Waals surface area (Å²) in [4.78, 5) is 11.7. The predicted octanol–water partition coefficient (Wildman–Crippen LogP) is 1.86. The fourth-order valence-corrected chi connectivity index (χ4v) is 2.56. The average Bonchev–Trinajstić information content (AvgIpc) is 3.04. The lowest BCUT2D eigenvalue weighted by Crippen LogP contribution is -2.10. The van der Waals surface area contributed by atoms with E-state index in [1.54, 1.807) is 0 Å². The van der Waals surface area contributed by atoms with E-state index in [2.05, 4.69) is 12.1 Å². The molecule has 1 aromatic carbocycles. The lowest BCUT2D eigenvalue weighted by molar-refractivity contribution is -0.145. The first-order valence-electron chi connectivity index (χ1n) is 5.69. The van der Waals surface area contributed by atoms with E-state index in [1.807, 2.05) is 19.1 Å². The summed E-state index contributed by atoms with van der Waals surface area (Å²) >= 11 is 0. The third-order valence-corrected chi connectivity index (χ3v) is 3.36. The van der Waals surface area contributed by atoms with Crippen LogP contribution in [0.3, 0.4) is 0 Å². The maximum atomic E-state index is 11.7. The molecule has 3 rings (SSSR count). The number of rotatable bonds is 2. The molecule has 2 aliphatic rings. The van der Waals surface area contributed by atoms with Crippen molar-refractivity contribution in [2.75, 3.05) is 6.61 Å². The van der Waals surface area contributed by atoms with Crippen molar-refractivity contribution in [2.24, 2.45) is 5.92 Å². The van der Waals surface area contributed by atoms with Gasteiger partial charge in [-0.25, -0.2) is 0 Å². The van der Waals surface area contributed by atoms with Crippen LogP contribution in [0, 0.1) is 5.92 Å². The normalized spacial score (nSPS) is 30.2. The summed E-state index contributed by atoms with van der Waals surface area (Å²) in [5.41, 5.74) is 2.47. The Bertz CT molecular complexity index is 427. The van der Waals surface area contributed by atoms with E-state index >= 15 is 0 Å². The van der Waals surface area contributed by atoms with Gasteiger partial charge in [-0.2, -0.15) is 0 Å². The smallest absolute Gasteiger partial charge is 0.312 e. The SMILES string of the molecule is CCOC(=O)C1C2OCc3ccccc3C21. The van der Waals surface area contributed by atoms with Gasteiger partial charge in [0.25, 0.3) is 0 Å². The van der Waals surface area contributed by atoms with E-state index in [4.69, 9.17) is 9.47 Å². The van der Waals surface area contributed by atoms with Crippen molar-refractivity contribution in [1.82, 2.24) is 0 Å². The Morgan fingerprint density at radius 3 is 3.12 bits per heavy atom. The highest BCUT2D eigenvalue weighted by molar-refractivity contribution is 5.79. The second kappa shape index (κ2) is 3.59. The largest absolute Gasteiger partial charge is 0.466 e. The third kappa shape index (κ3) is 1.35. The van der Waals surface area contributed by atoms with Crippen LogP contribution in [-0.4, -0.2) is 18.7 Å². The molecule has 3 nitrogen and oxygen atoms in total. The van der Waals surface area contributed by atoms with Gasteiger partial charge in [-0.15, -0.1) is 0 Å². The quantitative estimate of drug-likeness (QED) is 0.711. The molecule has 0 spiro atoms. The van der Waals surface area contributed by atoms with E-state index in [1.165, 1.54) is 11.1 Å². The molecule has 3 unspecified atom stereocenters. The number of carbonyl (C=O) groups excluding carboxylic acids is 1. The molecule has 16 heavy (non-hydrogen) atoms. The molecule has 1 saturated carbocycles. The van der Waals surface area contributed by atoms with Gasteiger partial charge >= 0.3 is 5.97 Å². The fraction of sp³-hybridized carbons (Fsp3) is 0.462. The minimum absolute atomic E-state index is 0.0500. The highest BCUT2D eigenvalue weighted by Gasteiger charge is 2.59. The van der Waals surface area contributed by atoms with Crippen LogP contribution in [0.5, 0.6) is 0 Å². The van der Waals surface area contributed by atoms with E-state index in [-0.39, 0.29) is 23.9 Å². The molecule has 0 N–H and O–H groups in total. The van der Waals surface area contributed by atoms with Crippen LogP contribution in [0.4, 0.5) is 0 Å². The van der Waals surface area contributed by atoms with Crippen molar-refractivity contribution in [2.45, 2.75) is 25.6 Å². The van der Waals surface area contributed by atoms with Gasteiger partial charge in [0.1, 0.15) is 0 Å². The summed E-state index contributed by atoms with van der Waals surface area (Å²) in [5, 5.41) is 0. The Balaban J connectivity index is 1.85. The van der Waals surface area contributed by atoms with Crippen molar-refractivity contribution in [3.63, 3.8) is 0 Å². The maximum Gasteiger partial charge on any atom is 0.312 e. The number of carbonyl (C=O) groups is 1. The topological polar surface area (TPSA) is 35.5 Å². The predicted molar refractivity (Wildman–Crippen MR) is 57.9 cm³/mol. The van der Waals surface area contributed by atoms with Crippen LogP contribution in [0.1, 0.15) is 24.0 Å². The molecule has 0 bridgehead atoms. The standard InChI is InChI=1S/C13H14O3/c1-2-15-13(14)11-10-9-6-4-3-5-8(9)7-16-12(10)11/h3-6,10-12H,2,7H2,1H3. The lowest BCUT2D eigenvalue weighted by atomic mass is 10.0. The van der Waals surface area contributed by atoms with Crippen LogP contribution in [0.25, 0.3) is 0 Å². The Morgan fingerprint density at radius 2 is 2.31 bits per heavy atom. The summed E-state index contributed by atoms with van der Waals surface area (Å²) in [5.74, 6) is 0.0294. The van der Waals surface area contributed by atoms with Crippen LogP contribution in [0.15, 0.2) is 24.3 Å².